The first-order valence-corrected chi connectivity index (χ1v) is 9.79. The Morgan fingerprint density at radius 2 is 1.80 bits per heavy atom. The molecule has 2 heterocycles. The van der Waals surface area contributed by atoms with Crippen LogP contribution in [0.15, 0.2) is 42.5 Å². The third-order valence-corrected chi connectivity index (χ3v) is 5.29. The SMILES string of the molecule is CCc1ccc(NC(=O)CN2C(=O)N[C@](C)(Cc3ccc4c(c3)OCO4)C2=O)cc1. The van der Waals surface area contributed by atoms with Crippen molar-refractivity contribution in [2.24, 2.45) is 0 Å². The fourth-order valence-electron chi connectivity index (χ4n) is 3.64. The van der Waals surface area contributed by atoms with Crippen LogP contribution in [0.4, 0.5) is 10.5 Å². The van der Waals surface area contributed by atoms with Crippen LogP contribution in [-0.2, 0) is 22.4 Å². The summed E-state index contributed by atoms with van der Waals surface area (Å²) in [5.41, 5.74) is 1.44. The van der Waals surface area contributed by atoms with E-state index >= 15 is 0 Å². The molecular weight excluding hydrogens is 386 g/mol. The molecule has 2 N–H and O–H groups in total. The highest BCUT2D eigenvalue weighted by Crippen LogP contribution is 2.34. The number of hydrogen-bond acceptors (Lipinski definition) is 5. The number of amides is 4. The quantitative estimate of drug-likeness (QED) is 0.715. The van der Waals surface area contributed by atoms with Crippen molar-refractivity contribution >= 4 is 23.5 Å². The average molecular weight is 409 g/mol. The van der Waals surface area contributed by atoms with Crippen molar-refractivity contribution in [2.45, 2.75) is 32.2 Å². The number of urea groups is 1. The summed E-state index contributed by atoms with van der Waals surface area (Å²) in [4.78, 5) is 38.7. The predicted octanol–water partition coefficient (Wildman–Crippen LogP) is 2.47. The fraction of sp³-hybridized carbons (Fsp3) is 0.318. The molecule has 0 saturated carbocycles. The van der Waals surface area contributed by atoms with Gasteiger partial charge in [-0.3, -0.25) is 14.5 Å². The minimum absolute atomic E-state index is 0.162. The first kappa shape index (κ1) is 19.8. The van der Waals surface area contributed by atoms with Crippen molar-refractivity contribution in [3.8, 4) is 11.5 Å². The van der Waals surface area contributed by atoms with Gasteiger partial charge >= 0.3 is 6.03 Å². The third kappa shape index (κ3) is 3.80. The highest BCUT2D eigenvalue weighted by molar-refractivity contribution is 6.10. The van der Waals surface area contributed by atoms with Crippen molar-refractivity contribution in [1.29, 1.82) is 0 Å². The maximum atomic E-state index is 13.0. The minimum atomic E-state index is -1.15. The second kappa shape index (κ2) is 7.70. The first-order valence-electron chi connectivity index (χ1n) is 9.79. The molecule has 1 fully saturated rings. The largest absolute Gasteiger partial charge is 0.454 e. The van der Waals surface area contributed by atoms with Gasteiger partial charge < -0.3 is 20.1 Å². The molecule has 4 rings (SSSR count). The molecule has 4 amide bonds. The Balaban J connectivity index is 1.41. The lowest BCUT2D eigenvalue weighted by Crippen LogP contribution is -2.46. The molecular formula is C22H23N3O5. The number of carbonyl (C=O) groups excluding carboxylic acids is 3. The summed E-state index contributed by atoms with van der Waals surface area (Å²) in [6.07, 6.45) is 1.17. The van der Waals surface area contributed by atoms with Crippen molar-refractivity contribution in [3.05, 3.63) is 53.6 Å². The van der Waals surface area contributed by atoms with E-state index in [4.69, 9.17) is 9.47 Å². The molecule has 0 radical (unpaired) electrons. The van der Waals surface area contributed by atoms with Gasteiger partial charge in [-0.2, -0.15) is 0 Å². The van der Waals surface area contributed by atoms with Crippen LogP contribution >= 0.6 is 0 Å². The molecule has 0 aliphatic carbocycles. The zero-order valence-corrected chi connectivity index (χ0v) is 16.9. The molecule has 0 unspecified atom stereocenters. The van der Waals surface area contributed by atoms with Crippen LogP contribution in [0.5, 0.6) is 11.5 Å². The summed E-state index contributed by atoms with van der Waals surface area (Å²) in [6.45, 7) is 3.51. The van der Waals surface area contributed by atoms with Crippen molar-refractivity contribution in [3.63, 3.8) is 0 Å². The number of hydrogen-bond donors (Lipinski definition) is 2. The number of aryl methyl sites for hydroxylation is 1. The number of anilines is 1. The Morgan fingerprint density at radius 1 is 1.10 bits per heavy atom. The van der Waals surface area contributed by atoms with Crippen LogP contribution in [0.2, 0.25) is 0 Å². The van der Waals surface area contributed by atoms with Gasteiger partial charge in [0.05, 0.1) is 0 Å². The van der Waals surface area contributed by atoms with Gasteiger partial charge in [0.1, 0.15) is 12.1 Å². The smallest absolute Gasteiger partial charge is 0.325 e. The molecule has 8 nitrogen and oxygen atoms in total. The van der Waals surface area contributed by atoms with Crippen LogP contribution < -0.4 is 20.1 Å². The monoisotopic (exact) mass is 409 g/mol. The number of fused-ring (bicyclic) bond motifs is 1. The summed E-state index contributed by atoms with van der Waals surface area (Å²) >= 11 is 0. The number of rotatable bonds is 6. The highest BCUT2D eigenvalue weighted by atomic mass is 16.7. The maximum absolute atomic E-state index is 13.0. The number of nitrogens with one attached hydrogen (secondary N) is 2. The van der Waals surface area contributed by atoms with Crippen LogP contribution in [0, 0.1) is 0 Å². The van der Waals surface area contributed by atoms with E-state index in [1.807, 2.05) is 25.1 Å². The van der Waals surface area contributed by atoms with Crippen molar-refractivity contribution < 1.29 is 23.9 Å². The summed E-state index contributed by atoms with van der Waals surface area (Å²) in [7, 11) is 0. The molecule has 2 aromatic rings. The van der Waals surface area contributed by atoms with E-state index in [0.717, 1.165) is 22.4 Å². The van der Waals surface area contributed by atoms with E-state index in [1.54, 1.807) is 31.2 Å². The number of carbonyl (C=O) groups is 3. The Bertz CT molecular complexity index is 1000. The molecule has 0 aromatic heterocycles. The highest BCUT2D eigenvalue weighted by Gasteiger charge is 2.48. The van der Waals surface area contributed by atoms with E-state index < -0.39 is 23.4 Å². The number of nitrogens with zero attached hydrogens (tertiary/aromatic N) is 1. The van der Waals surface area contributed by atoms with E-state index in [2.05, 4.69) is 10.6 Å². The van der Waals surface area contributed by atoms with Crippen LogP contribution in [0.25, 0.3) is 0 Å². The van der Waals surface area contributed by atoms with Crippen molar-refractivity contribution in [2.75, 3.05) is 18.7 Å². The molecule has 0 bridgehead atoms. The Morgan fingerprint density at radius 3 is 2.53 bits per heavy atom. The molecule has 1 atom stereocenters. The van der Waals surface area contributed by atoms with E-state index in [9.17, 15) is 14.4 Å². The van der Waals surface area contributed by atoms with Gasteiger partial charge in [0.25, 0.3) is 5.91 Å². The summed E-state index contributed by atoms with van der Waals surface area (Å²) < 4.78 is 10.7. The van der Waals surface area contributed by atoms with Gasteiger partial charge in [-0.05, 0) is 48.7 Å². The Kier molecular flexibility index (Phi) is 5.07. The lowest BCUT2D eigenvalue weighted by Gasteiger charge is -2.22. The van der Waals surface area contributed by atoms with E-state index in [-0.39, 0.29) is 19.8 Å². The Labute approximate surface area is 174 Å². The van der Waals surface area contributed by atoms with Crippen molar-refractivity contribution in [1.82, 2.24) is 10.2 Å². The van der Waals surface area contributed by atoms with Crippen LogP contribution in [0.1, 0.15) is 25.0 Å². The lowest BCUT2D eigenvalue weighted by molar-refractivity contribution is -0.133. The van der Waals surface area contributed by atoms with Crippen LogP contribution in [0.3, 0.4) is 0 Å². The molecule has 8 heteroatoms. The second-order valence-corrected chi connectivity index (χ2v) is 7.62. The van der Waals surface area contributed by atoms with Gasteiger partial charge in [0, 0.05) is 12.1 Å². The number of ether oxygens (including phenoxy) is 2. The zero-order valence-electron chi connectivity index (χ0n) is 16.9. The summed E-state index contributed by atoms with van der Waals surface area (Å²) in [6, 6.07) is 12.3. The summed E-state index contributed by atoms with van der Waals surface area (Å²) in [5, 5.41) is 5.44. The Hall–Kier alpha value is -3.55. The second-order valence-electron chi connectivity index (χ2n) is 7.62. The van der Waals surface area contributed by atoms with Crippen LogP contribution in [-0.4, -0.2) is 41.6 Å². The topological polar surface area (TPSA) is 97.0 Å². The fourth-order valence-corrected chi connectivity index (χ4v) is 3.64. The van der Waals surface area contributed by atoms with Gasteiger partial charge in [0.15, 0.2) is 11.5 Å². The minimum Gasteiger partial charge on any atom is -0.454 e. The van der Waals surface area contributed by atoms with Gasteiger partial charge in [-0.25, -0.2) is 4.79 Å². The zero-order chi connectivity index (χ0) is 21.3. The van der Waals surface area contributed by atoms with Gasteiger partial charge in [-0.15, -0.1) is 0 Å². The van der Waals surface area contributed by atoms with Gasteiger partial charge in [0.2, 0.25) is 12.7 Å². The molecule has 2 aliphatic rings. The van der Waals surface area contributed by atoms with E-state index in [0.29, 0.717) is 17.2 Å². The molecule has 156 valence electrons. The van der Waals surface area contributed by atoms with E-state index in [1.165, 1.54) is 0 Å². The maximum Gasteiger partial charge on any atom is 0.325 e. The molecule has 2 aromatic carbocycles. The summed E-state index contributed by atoms with van der Waals surface area (Å²) in [5.74, 6) is 0.380. The predicted molar refractivity (Wildman–Crippen MR) is 109 cm³/mol. The standard InChI is InChI=1S/C22H23N3O5/c1-3-14-4-7-16(8-5-14)23-19(26)12-25-20(27)22(2,24-21(25)28)11-15-6-9-17-18(10-15)30-13-29-17/h4-10H,3,11-13H2,1-2H3,(H,23,26)(H,24,28)/t22-/m1/s1. The molecule has 2 aliphatic heterocycles. The average Bonchev–Trinajstić information content (AvgIpc) is 3.26. The first-order chi connectivity index (χ1) is 14.4. The lowest BCUT2D eigenvalue weighted by atomic mass is 9.92. The molecule has 0 spiro atoms. The number of benzene rings is 2. The third-order valence-electron chi connectivity index (χ3n) is 5.29. The van der Waals surface area contributed by atoms with Gasteiger partial charge in [-0.1, -0.05) is 25.1 Å². The molecule has 30 heavy (non-hydrogen) atoms. The number of imide groups is 1. The molecule has 1 saturated heterocycles. The normalized spacial score (nSPS) is 19.7.